The topological polar surface area (TPSA) is 105 Å². The number of hydrogen-bond acceptors (Lipinski definition) is 5. The van der Waals surface area contributed by atoms with Gasteiger partial charge in [-0.3, -0.25) is 9.59 Å². The number of carbonyl (C=O) groups excluding carboxylic acids is 3. The minimum atomic E-state index is -0.531. The second-order valence-corrected chi connectivity index (χ2v) is 5.83. The highest BCUT2D eigenvalue weighted by molar-refractivity contribution is 5.85. The van der Waals surface area contributed by atoms with Crippen LogP contribution in [0.15, 0.2) is 0 Å². The van der Waals surface area contributed by atoms with Gasteiger partial charge in [-0.15, -0.1) is 0 Å². The number of rotatable bonds is 3. The lowest BCUT2D eigenvalue weighted by molar-refractivity contribution is -0.134. The van der Waals surface area contributed by atoms with E-state index in [1.165, 1.54) is 0 Å². The Morgan fingerprint density at radius 1 is 1.10 bits per heavy atom. The van der Waals surface area contributed by atoms with Gasteiger partial charge in [0.25, 0.3) is 0 Å². The summed E-state index contributed by atoms with van der Waals surface area (Å²) in [6.45, 7) is 6.92. The Kier molecular flexibility index (Phi) is 5.95. The van der Waals surface area contributed by atoms with E-state index in [9.17, 15) is 14.4 Å². The Hall–Kier alpha value is -1.83. The summed E-state index contributed by atoms with van der Waals surface area (Å²) in [5.74, 6) is -0.545. The molecule has 3 amide bonds. The van der Waals surface area contributed by atoms with Crippen LogP contribution in [0.1, 0.15) is 20.8 Å². The average molecular weight is 300 g/mol. The van der Waals surface area contributed by atoms with Crippen molar-refractivity contribution in [2.75, 3.05) is 39.3 Å². The van der Waals surface area contributed by atoms with E-state index >= 15 is 0 Å². The van der Waals surface area contributed by atoms with Gasteiger partial charge in [0, 0.05) is 26.2 Å². The molecule has 3 N–H and O–H groups in total. The van der Waals surface area contributed by atoms with E-state index in [4.69, 9.17) is 10.5 Å². The Morgan fingerprint density at radius 3 is 2.10 bits per heavy atom. The highest BCUT2D eigenvalue weighted by Crippen LogP contribution is 2.11. The predicted octanol–water partition coefficient (Wildman–Crippen LogP) is -0.859. The highest BCUT2D eigenvalue weighted by atomic mass is 16.6. The number of nitrogens with one attached hydrogen (secondary N) is 1. The van der Waals surface area contributed by atoms with Crippen LogP contribution in [0, 0.1) is 0 Å². The molecule has 0 aliphatic carbocycles. The summed E-state index contributed by atoms with van der Waals surface area (Å²) in [7, 11) is 0. The molecule has 21 heavy (non-hydrogen) atoms. The molecule has 1 saturated heterocycles. The third-order valence-electron chi connectivity index (χ3n) is 2.91. The van der Waals surface area contributed by atoms with E-state index in [-0.39, 0.29) is 31.0 Å². The quantitative estimate of drug-likeness (QED) is 0.705. The number of ether oxygens (including phenoxy) is 1. The Balaban J connectivity index is 2.36. The number of piperazine rings is 1. The molecule has 8 heteroatoms. The second kappa shape index (κ2) is 7.26. The Morgan fingerprint density at radius 2 is 1.62 bits per heavy atom. The van der Waals surface area contributed by atoms with Crippen molar-refractivity contribution in [1.82, 2.24) is 15.1 Å². The number of amides is 3. The molecule has 0 radical (unpaired) electrons. The monoisotopic (exact) mass is 300 g/mol. The maximum atomic E-state index is 11.9. The molecule has 1 rings (SSSR count). The van der Waals surface area contributed by atoms with Crippen LogP contribution in [0.2, 0.25) is 0 Å². The van der Waals surface area contributed by atoms with E-state index < -0.39 is 5.60 Å². The van der Waals surface area contributed by atoms with E-state index in [1.807, 2.05) is 20.8 Å². The molecular formula is C13H24N4O4. The van der Waals surface area contributed by atoms with Gasteiger partial charge < -0.3 is 25.6 Å². The Bertz CT molecular complexity index is 397. The largest absolute Gasteiger partial charge is 0.444 e. The molecule has 0 atom stereocenters. The fourth-order valence-corrected chi connectivity index (χ4v) is 1.82. The SMILES string of the molecule is CC(C)(C)OC(=O)N1CCN(C(=O)CNC(=O)CN)CC1. The van der Waals surface area contributed by atoms with Crippen LogP contribution in [0.4, 0.5) is 4.79 Å². The first-order valence-electron chi connectivity index (χ1n) is 6.95. The first kappa shape index (κ1) is 17.2. The summed E-state index contributed by atoms with van der Waals surface area (Å²) in [6, 6.07) is 0. The van der Waals surface area contributed by atoms with Gasteiger partial charge in [0.1, 0.15) is 5.60 Å². The molecular weight excluding hydrogens is 276 g/mol. The summed E-state index contributed by atoms with van der Waals surface area (Å²) < 4.78 is 5.28. The molecule has 0 spiro atoms. The summed E-state index contributed by atoms with van der Waals surface area (Å²) in [5, 5.41) is 2.43. The minimum absolute atomic E-state index is 0.0670. The van der Waals surface area contributed by atoms with E-state index in [0.717, 1.165) is 0 Å². The second-order valence-electron chi connectivity index (χ2n) is 5.83. The van der Waals surface area contributed by atoms with Crippen LogP contribution in [-0.4, -0.2) is 72.6 Å². The molecule has 8 nitrogen and oxygen atoms in total. The van der Waals surface area contributed by atoms with Gasteiger partial charge in [0.05, 0.1) is 13.1 Å². The van der Waals surface area contributed by atoms with Gasteiger partial charge >= 0.3 is 6.09 Å². The summed E-state index contributed by atoms with van der Waals surface area (Å²) >= 11 is 0. The van der Waals surface area contributed by atoms with Gasteiger partial charge in [-0.2, -0.15) is 0 Å². The number of hydrogen-bond donors (Lipinski definition) is 2. The minimum Gasteiger partial charge on any atom is -0.444 e. The van der Waals surface area contributed by atoms with Crippen molar-refractivity contribution in [2.24, 2.45) is 5.73 Å². The van der Waals surface area contributed by atoms with Gasteiger partial charge in [0.2, 0.25) is 11.8 Å². The van der Waals surface area contributed by atoms with Gasteiger partial charge in [-0.05, 0) is 20.8 Å². The molecule has 1 aliphatic rings. The van der Waals surface area contributed by atoms with Crippen molar-refractivity contribution < 1.29 is 19.1 Å². The van der Waals surface area contributed by atoms with Crippen LogP contribution in [0.25, 0.3) is 0 Å². The first-order chi connectivity index (χ1) is 9.73. The third-order valence-corrected chi connectivity index (χ3v) is 2.91. The van der Waals surface area contributed by atoms with Crippen molar-refractivity contribution in [3.63, 3.8) is 0 Å². The predicted molar refractivity (Wildman–Crippen MR) is 76.5 cm³/mol. The lowest BCUT2D eigenvalue weighted by atomic mass is 10.2. The molecule has 0 aromatic heterocycles. The number of nitrogens with zero attached hydrogens (tertiary/aromatic N) is 2. The molecule has 1 aliphatic heterocycles. The van der Waals surface area contributed by atoms with Crippen molar-refractivity contribution >= 4 is 17.9 Å². The zero-order valence-electron chi connectivity index (χ0n) is 12.8. The van der Waals surface area contributed by atoms with Crippen molar-refractivity contribution in [3.8, 4) is 0 Å². The molecule has 0 bridgehead atoms. The normalized spacial score (nSPS) is 15.6. The van der Waals surface area contributed by atoms with Crippen LogP contribution >= 0.6 is 0 Å². The maximum Gasteiger partial charge on any atom is 0.410 e. The van der Waals surface area contributed by atoms with Crippen molar-refractivity contribution in [2.45, 2.75) is 26.4 Å². The van der Waals surface area contributed by atoms with E-state index in [1.54, 1.807) is 9.80 Å². The fraction of sp³-hybridized carbons (Fsp3) is 0.769. The molecule has 0 aromatic carbocycles. The lowest BCUT2D eigenvalue weighted by Gasteiger charge is -2.35. The zero-order valence-corrected chi connectivity index (χ0v) is 12.8. The van der Waals surface area contributed by atoms with E-state index in [0.29, 0.717) is 26.2 Å². The summed E-state index contributed by atoms with van der Waals surface area (Å²) in [6.07, 6.45) is -0.369. The lowest BCUT2D eigenvalue weighted by Crippen LogP contribution is -2.53. The van der Waals surface area contributed by atoms with E-state index in [2.05, 4.69) is 5.32 Å². The summed E-state index contributed by atoms with van der Waals surface area (Å²) in [5.41, 5.74) is 4.61. The highest BCUT2D eigenvalue weighted by Gasteiger charge is 2.27. The van der Waals surface area contributed by atoms with Crippen LogP contribution in [0.3, 0.4) is 0 Å². The first-order valence-corrected chi connectivity index (χ1v) is 6.95. The van der Waals surface area contributed by atoms with Crippen LogP contribution in [0.5, 0.6) is 0 Å². The molecule has 0 saturated carbocycles. The molecule has 1 heterocycles. The maximum absolute atomic E-state index is 11.9. The molecule has 0 unspecified atom stereocenters. The number of nitrogens with two attached hydrogens (primary N) is 1. The summed E-state index contributed by atoms with van der Waals surface area (Å²) in [4.78, 5) is 37.9. The van der Waals surface area contributed by atoms with Crippen molar-refractivity contribution in [1.29, 1.82) is 0 Å². The van der Waals surface area contributed by atoms with Gasteiger partial charge in [-0.25, -0.2) is 4.79 Å². The van der Waals surface area contributed by atoms with Crippen LogP contribution in [-0.2, 0) is 14.3 Å². The molecule has 1 fully saturated rings. The smallest absolute Gasteiger partial charge is 0.410 e. The standard InChI is InChI=1S/C13H24N4O4/c1-13(2,3)21-12(20)17-6-4-16(5-7-17)11(19)9-15-10(18)8-14/h4-9,14H2,1-3H3,(H,15,18). The average Bonchev–Trinajstić information content (AvgIpc) is 2.42. The molecule has 0 aromatic rings. The van der Waals surface area contributed by atoms with Crippen LogP contribution < -0.4 is 11.1 Å². The Labute approximate surface area is 124 Å². The number of carbonyl (C=O) groups is 3. The van der Waals surface area contributed by atoms with Gasteiger partial charge in [0.15, 0.2) is 0 Å². The third kappa shape index (κ3) is 5.99. The van der Waals surface area contributed by atoms with Crippen molar-refractivity contribution in [3.05, 3.63) is 0 Å². The van der Waals surface area contributed by atoms with Gasteiger partial charge in [-0.1, -0.05) is 0 Å². The zero-order chi connectivity index (χ0) is 16.0. The fourth-order valence-electron chi connectivity index (χ4n) is 1.82. The molecule has 120 valence electrons.